The highest BCUT2D eigenvalue weighted by Gasteiger charge is 2.30. The van der Waals surface area contributed by atoms with Gasteiger partial charge < -0.3 is 14.6 Å². The number of hydrogen-bond acceptors (Lipinski definition) is 3. The largest absolute Gasteiger partial charge is 0.390 e. The van der Waals surface area contributed by atoms with Crippen LogP contribution in [0.25, 0.3) is 0 Å². The van der Waals surface area contributed by atoms with Gasteiger partial charge in [-0.15, -0.1) is 0 Å². The van der Waals surface area contributed by atoms with Gasteiger partial charge in [-0.1, -0.05) is 19.8 Å². The van der Waals surface area contributed by atoms with Gasteiger partial charge in [-0.05, 0) is 38.0 Å². The van der Waals surface area contributed by atoms with Crippen molar-refractivity contribution < 1.29 is 14.6 Å². The zero-order valence-corrected chi connectivity index (χ0v) is 10.9. The maximum atomic E-state index is 9.96. The molecule has 1 saturated heterocycles. The summed E-state index contributed by atoms with van der Waals surface area (Å²) in [5, 5.41) is 9.96. The Bertz CT molecular complexity index is 214. The fourth-order valence-corrected chi connectivity index (χ4v) is 3.05. The molecule has 0 radical (unpaired) electrons. The lowest BCUT2D eigenvalue weighted by molar-refractivity contribution is -0.0959. The third kappa shape index (κ3) is 3.94. The molecule has 1 heterocycles. The molecule has 17 heavy (non-hydrogen) atoms. The van der Waals surface area contributed by atoms with Crippen molar-refractivity contribution in [2.45, 2.75) is 70.2 Å². The van der Waals surface area contributed by atoms with Crippen LogP contribution >= 0.6 is 0 Å². The van der Waals surface area contributed by atoms with Crippen LogP contribution in [0, 0.1) is 5.92 Å². The third-order valence-corrected chi connectivity index (χ3v) is 4.08. The highest BCUT2D eigenvalue weighted by molar-refractivity contribution is 4.81. The summed E-state index contributed by atoms with van der Waals surface area (Å²) in [7, 11) is 0. The monoisotopic (exact) mass is 242 g/mol. The van der Waals surface area contributed by atoms with Gasteiger partial charge >= 0.3 is 0 Å². The second kappa shape index (κ2) is 6.72. The molecule has 100 valence electrons. The number of aliphatic hydroxyl groups excluding tert-OH is 1. The first-order valence-electron chi connectivity index (χ1n) is 7.21. The minimum absolute atomic E-state index is 0.0458. The van der Waals surface area contributed by atoms with Crippen molar-refractivity contribution in [2.24, 2.45) is 5.92 Å². The Balaban J connectivity index is 1.72. The quantitative estimate of drug-likeness (QED) is 0.805. The van der Waals surface area contributed by atoms with Gasteiger partial charge in [-0.25, -0.2) is 0 Å². The topological polar surface area (TPSA) is 38.7 Å². The summed E-state index contributed by atoms with van der Waals surface area (Å²) in [5.41, 5.74) is 0. The summed E-state index contributed by atoms with van der Waals surface area (Å²) in [6.07, 6.45) is 7.92. The predicted octanol–water partition coefficient (Wildman–Crippen LogP) is 2.51. The molecule has 0 aromatic carbocycles. The summed E-state index contributed by atoms with van der Waals surface area (Å²) in [6, 6.07) is 0. The van der Waals surface area contributed by atoms with Gasteiger partial charge in [-0.3, -0.25) is 0 Å². The Morgan fingerprint density at radius 2 is 2.18 bits per heavy atom. The van der Waals surface area contributed by atoms with E-state index in [1.165, 1.54) is 12.8 Å². The Labute approximate surface area is 104 Å². The van der Waals surface area contributed by atoms with Crippen LogP contribution in [-0.4, -0.2) is 36.6 Å². The molecule has 1 aliphatic heterocycles. The number of aliphatic hydroxyl groups is 1. The highest BCUT2D eigenvalue weighted by Crippen LogP contribution is 2.30. The second-order valence-corrected chi connectivity index (χ2v) is 5.54. The molecule has 2 aliphatic rings. The molecule has 1 saturated carbocycles. The molecule has 0 spiro atoms. The van der Waals surface area contributed by atoms with Crippen LogP contribution in [0.5, 0.6) is 0 Å². The van der Waals surface area contributed by atoms with Gasteiger partial charge in [0, 0.05) is 6.61 Å². The molecule has 3 nitrogen and oxygen atoms in total. The van der Waals surface area contributed by atoms with E-state index in [0.29, 0.717) is 6.61 Å². The molecule has 4 atom stereocenters. The molecule has 0 aromatic heterocycles. The van der Waals surface area contributed by atoms with Crippen LogP contribution in [0.2, 0.25) is 0 Å². The van der Waals surface area contributed by atoms with Crippen LogP contribution in [0.3, 0.4) is 0 Å². The normalized spacial score (nSPS) is 38.5. The van der Waals surface area contributed by atoms with Gasteiger partial charge in [0.25, 0.3) is 0 Å². The molecule has 3 heteroatoms. The molecule has 4 unspecified atom stereocenters. The van der Waals surface area contributed by atoms with E-state index in [0.717, 1.165) is 44.6 Å². The van der Waals surface area contributed by atoms with Crippen molar-refractivity contribution in [2.75, 3.05) is 13.2 Å². The lowest BCUT2D eigenvalue weighted by Gasteiger charge is -2.33. The first-order valence-corrected chi connectivity index (χ1v) is 7.21. The van der Waals surface area contributed by atoms with Crippen LogP contribution in [0.15, 0.2) is 0 Å². The highest BCUT2D eigenvalue weighted by atomic mass is 16.5. The van der Waals surface area contributed by atoms with Crippen molar-refractivity contribution in [3.05, 3.63) is 0 Å². The molecular formula is C14H26O3. The molecule has 0 aromatic rings. The maximum Gasteiger partial charge on any atom is 0.0837 e. The lowest BCUT2D eigenvalue weighted by atomic mass is 9.83. The number of hydrogen-bond donors (Lipinski definition) is 1. The Kier molecular flexibility index (Phi) is 5.26. The van der Waals surface area contributed by atoms with Gasteiger partial charge in [0.05, 0.1) is 24.9 Å². The smallest absolute Gasteiger partial charge is 0.0837 e. The van der Waals surface area contributed by atoms with Gasteiger partial charge in [0.15, 0.2) is 0 Å². The van der Waals surface area contributed by atoms with Crippen LogP contribution < -0.4 is 0 Å². The number of rotatable bonds is 5. The zero-order chi connectivity index (χ0) is 12.1. The molecule has 2 rings (SSSR count). The summed E-state index contributed by atoms with van der Waals surface area (Å²) in [6.45, 7) is 3.77. The molecule has 1 aliphatic carbocycles. The van der Waals surface area contributed by atoms with Gasteiger partial charge in [-0.2, -0.15) is 0 Å². The Morgan fingerprint density at radius 3 is 2.88 bits per heavy atom. The fraction of sp³-hybridized carbons (Fsp3) is 1.00. The predicted molar refractivity (Wildman–Crippen MR) is 67.0 cm³/mol. The van der Waals surface area contributed by atoms with E-state index in [9.17, 15) is 5.11 Å². The average Bonchev–Trinajstić information content (AvgIpc) is 2.83. The van der Waals surface area contributed by atoms with Gasteiger partial charge in [0.1, 0.15) is 0 Å². The third-order valence-electron chi connectivity index (χ3n) is 4.08. The van der Waals surface area contributed by atoms with Crippen LogP contribution in [0.1, 0.15) is 51.9 Å². The molecule has 2 fully saturated rings. The minimum Gasteiger partial charge on any atom is -0.390 e. The van der Waals surface area contributed by atoms with Crippen molar-refractivity contribution in [1.82, 2.24) is 0 Å². The van der Waals surface area contributed by atoms with E-state index in [2.05, 4.69) is 6.92 Å². The Hall–Kier alpha value is -0.120. The summed E-state index contributed by atoms with van der Waals surface area (Å²) in [5.74, 6) is 0.748. The van der Waals surface area contributed by atoms with E-state index in [4.69, 9.17) is 9.47 Å². The lowest BCUT2D eigenvalue weighted by Crippen LogP contribution is -2.37. The summed E-state index contributed by atoms with van der Waals surface area (Å²) in [4.78, 5) is 0. The Morgan fingerprint density at radius 1 is 1.29 bits per heavy atom. The van der Waals surface area contributed by atoms with E-state index in [1.807, 2.05) is 0 Å². The minimum atomic E-state index is -0.260. The number of ether oxygens (including phenoxy) is 2. The maximum absolute atomic E-state index is 9.96. The SMILES string of the molecule is CCCC1CCC(O)C(OCC2CCCO2)C1. The standard InChI is InChI=1S/C14H26O3/c1-2-4-11-6-7-13(15)14(9-11)17-10-12-5-3-8-16-12/h11-15H,2-10H2,1H3. The summed E-state index contributed by atoms with van der Waals surface area (Å²) < 4.78 is 11.4. The molecular weight excluding hydrogens is 216 g/mol. The summed E-state index contributed by atoms with van der Waals surface area (Å²) >= 11 is 0. The van der Waals surface area contributed by atoms with Crippen LogP contribution in [0.4, 0.5) is 0 Å². The molecule has 0 bridgehead atoms. The zero-order valence-electron chi connectivity index (χ0n) is 10.9. The first kappa shape index (κ1) is 13.3. The van der Waals surface area contributed by atoms with Gasteiger partial charge in [0.2, 0.25) is 0 Å². The van der Waals surface area contributed by atoms with Crippen molar-refractivity contribution >= 4 is 0 Å². The van der Waals surface area contributed by atoms with Crippen LogP contribution in [-0.2, 0) is 9.47 Å². The first-order chi connectivity index (χ1) is 8.29. The fourth-order valence-electron chi connectivity index (χ4n) is 3.05. The van der Waals surface area contributed by atoms with E-state index < -0.39 is 0 Å². The van der Waals surface area contributed by atoms with Crippen molar-refractivity contribution in [1.29, 1.82) is 0 Å². The van der Waals surface area contributed by atoms with E-state index >= 15 is 0 Å². The molecule has 1 N–H and O–H groups in total. The van der Waals surface area contributed by atoms with Crippen molar-refractivity contribution in [3.8, 4) is 0 Å². The van der Waals surface area contributed by atoms with E-state index in [1.54, 1.807) is 0 Å². The van der Waals surface area contributed by atoms with E-state index in [-0.39, 0.29) is 18.3 Å². The second-order valence-electron chi connectivity index (χ2n) is 5.54. The molecule has 0 amide bonds. The average molecular weight is 242 g/mol. The van der Waals surface area contributed by atoms with Crippen molar-refractivity contribution in [3.63, 3.8) is 0 Å².